The van der Waals surface area contributed by atoms with Gasteiger partial charge in [-0.1, -0.05) is 50.3 Å². The molecule has 1 fully saturated rings. The fourth-order valence-electron chi connectivity index (χ4n) is 3.61. The molecule has 6 heteroatoms. The number of carbonyl (C=O) groups is 2. The van der Waals surface area contributed by atoms with Gasteiger partial charge >= 0.3 is 11.9 Å². The summed E-state index contributed by atoms with van der Waals surface area (Å²) < 4.78 is 15.9. The van der Waals surface area contributed by atoms with E-state index < -0.39 is 11.9 Å². The number of hydrogen-bond acceptors (Lipinski definition) is 6. The number of allylic oxidation sites excluding steroid dienone is 1. The normalized spacial score (nSPS) is 19.6. The zero-order valence-corrected chi connectivity index (χ0v) is 17.4. The van der Waals surface area contributed by atoms with Crippen LogP contribution in [-0.4, -0.2) is 18.5 Å². The zero-order chi connectivity index (χ0) is 21.7. The fraction of sp³-hybridized carbons (Fsp3) is 0.375. The minimum absolute atomic E-state index is 0.0781. The highest BCUT2D eigenvalue weighted by Crippen LogP contribution is 2.59. The maximum absolute atomic E-state index is 12.6. The van der Waals surface area contributed by atoms with Crippen molar-refractivity contribution in [2.45, 2.75) is 33.8 Å². The van der Waals surface area contributed by atoms with Gasteiger partial charge in [-0.2, -0.15) is 5.26 Å². The first-order valence-electron chi connectivity index (χ1n) is 9.92. The van der Waals surface area contributed by atoms with E-state index in [0.717, 1.165) is 16.9 Å². The van der Waals surface area contributed by atoms with E-state index in [4.69, 9.17) is 13.9 Å². The lowest BCUT2D eigenvalue weighted by Crippen LogP contribution is -2.10. The molecule has 1 aliphatic carbocycles. The molecule has 1 saturated carbocycles. The fourth-order valence-corrected chi connectivity index (χ4v) is 3.61. The second kappa shape index (κ2) is 9.00. The molecule has 2 unspecified atom stereocenters. The average Bonchev–Trinajstić information content (AvgIpc) is 3.03. The molecule has 1 aliphatic rings. The van der Waals surface area contributed by atoms with Crippen molar-refractivity contribution in [3.8, 4) is 6.07 Å². The molecule has 2 atom stereocenters. The van der Waals surface area contributed by atoms with Crippen LogP contribution >= 0.6 is 0 Å². The Morgan fingerprint density at radius 1 is 1.20 bits per heavy atom. The predicted octanol–water partition coefficient (Wildman–Crippen LogP) is 4.20. The minimum atomic E-state index is -0.667. The first-order chi connectivity index (χ1) is 14.4. The highest BCUT2D eigenvalue weighted by atomic mass is 16.5. The highest BCUT2D eigenvalue weighted by Gasteiger charge is 2.61. The molecule has 6 nitrogen and oxygen atoms in total. The van der Waals surface area contributed by atoms with Gasteiger partial charge in [0.1, 0.15) is 24.0 Å². The molecule has 0 spiro atoms. The van der Waals surface area contributed by atoms with E-state index >= 15 is 0 Å². The number of furan rings is 1. The number of nitrogens with zero attached hydrogens (tertiary/aromatic N) is 1. The van der Waals surface area contributed by atoms with E-state index in [1.165, 1.54) is 6.08 Å². The van der Waals surface area contributed by atoms with Gasteiger partial charge in [-0.25, -0.2) is 4.79 Å². The SMILES string of the molecule is CCOC(=O)C(C#N)=CC1C(C(=O)OCc2coc(Cc3ccccc3)c2)C1(C)C. The summed E-state index contributed by atoms with van der Waals surface area (Å²) in [4.78, 5) is 24.4. The molecule has 0 aliphatic heterocycles. The molecule has 0 N–H and O–H groups in total. The summed E-state index contributed by atoms with van der Waals surface area (Å²) in [6.07, 6.45) is 3.79. The summed E-state index contributed by atoms with van der Waals surface area (Å²) in [5.41, 5.74) is 1.45. The van der Waals surface area contributed by atoms with Gasteiger partial charge in [0.15, 0.2) is 0 Å². The topological polar surface area (TPSA) is 89.5 Å². The molecule has 0 saturated heterocycles. The number of carbonyl (C=O) groups excluding carboxylic acids is 2. The van der Waals surface area contributed by atoms with Crippen molar-refractivity contribution in [1.82, 2.24) is 0 Å². The van der Waals surface area contributed by atoms with Crippen molar-refractivity contribution in [1.29, 1.82) is 5.26 Å². The van der Waals surface area contributed by atoms with E-state index in [9.17, 15) is 14.9 Å². The lowest BCUT2D eigenvalue weighted by Gasteiger charge is -2.03. The predicted molar refractivity (Wildman–Crippen MR) is 109 cm³/mol. The number of rotatable bonds is 8. The molecule has 0 amide bonds. The largest absolute Gasteiger partial charge is 0.469 e. The van der Waals surface area contributed by atoms with E-state index in [1.807, 2.05) is 56.3 Å². The molecule has 1 aromatic carbocycles. The van der Waals surface area contributed by atoms with Crippen LogP contribution in [0, 0.1) is 28.6 Å². The number of esters is 2. The van der Waals surface area contributed by atoms with Gasteiger partial charge in [0, 0.05) is 12.0 Å². The Balaban J connectivity index is 1.57. The summed E-state index contributed by atoms with van der Waals surface area (Å²) in [6, 6.07) is 13.7. The Hall–Kier alpha value is -3.33. The summed E-state index contributed by atoms with van der Waals surface area (Å²) in [7, 11) is 0. The monoisotopic (exact) mass is 407 g/mol. The van der Waals surface area contributed by atoms with Gasteiger partial charge in [-0.3, -0.25) is 4.79 Å². The van der Waals surface area contributed by atoms with Crippen LogP contribution in [0.2, 0.25) is 0 Å². The molecular weight excluding hydrogens is 382 g/mol. The molecule has 30 heavy (non-hydrogen) atoms. The van der Waals surface area contributed by atoms with E-state index in [1.54, 1.807) is 13.2 Å². The third kappa shape index (κ3) is 4.80. The summed E-state index contributed by atoms with van der Waals surface area (Å²) in [5.74, 6) is -0.881. The second-order valence-electron chi connectivity index (χ2n) is 7.93. The van der Waals surface area contributed by atoms with E-state index in [-0.39, 0.29) is 36.1 Å². The Kier molecular flexibility index (Phi) is 6.41. The Bertz CT molecular complexity index is 981. The smallest absolute Gasteiger partial charge is 0.348 e. The molecular formula is C24H25NO5. The lowest BCUT2D eigenvalue weighted by molar-refractivity contribution is -0.147. The molecule has 0 bridgehead atoms. The van der Waals surface area contributed by atoms with Crippen LogP contribution in [0.3, 0.4) is 0 Å². The quantitative estimate of drug-likeness (QED) is 0.370. The van der Waals surface area contributed by atoms with Gasteiger partial charge in [0.2, 0.25) is 0 Å². The van der Waals surface area contributed by atoms with Crippen molar-refractivity contribution in [3.63, 3.8) is 0 Å². The third-order valence-electron chi connectivity index (χ3n) is 5.44. The number of hydrogen-bond donors (Lipinski definition) is 0. The lowest BCUT2D eigenvalue weighted by atomic mass is 10.1. The summed E-state index contributed by atoms with van der Waals surface area (Å²) in [6.45, 7) is 5.80. The van der Waals surface area contributed by atoms with Crippen LogP contribution in [0.4, 0.5) is 0 Å². The number of ether oxygens (including phenoxy) is 2. The van der Waals surface area contributed by atoms with E-state index in [2.05, 4.69) is 0 Å². The third-order valence-corrected chi connectivity index (χ3v) is 5.44. The van der Waals surface area contributed by atoms with Crippen LogP contribution in [-0.2, 0) is 32.1 Å². The van der Waals surface area contributed by atoms with Crippen molar-refractivity contribution < 1.29 is 23.5 Å². The first kappa shape index (κ1) is 21.4. The van der Waals surface area contributed by atoms with Crippen molar-refractivity contribution in [2.24, 2.45) is 17.3 Å². The standard InChI is InChI=1S/C24H25NO5/c1-4-28-22(26)18(13-25)12-20-21(24(20,2)3)23(27)30-15-17-11-19(29-14-17)10-16-8-6-5-7-9-16/h5-9,11-12,14,20-21H,4,10,15H2,1-3H3. The van der Waals surface area contributed by atoms with Crippen LogP contribution in [0.25, 0.3) is 0 Å². The molecule has 156 valence electrons. The van der Waals surface area contributed by atoms with Gasteiger partial charge in [-0.15, -0.1) is 0 Å². The average molecular weight is 407 g/mol. The minimum Gasteiger partial charge on any atom is -0.469 e. The van der Waals surface area contributed by atoms with Gasteiger partial charge < -0.3 is 13.9 Å². The van der Waals surface area contributed by atoms with Crippen LogP contribution in [0.15, 0.2) is 58.7 Å². The number of nitriles is 1. The van der Waals surface area contributed by atoms with Crippen LogP contribution < -0.4 is 0 Å². The molecule has 2 aromatic rings. The highest BCUT2D eigenvalue weighted by molar-refractivity contribution is 5.93. The maximum atomic E-state index is 12.6. The maximum Gasteiger partial charge on any atom is 0.348 e. The zero-order valence-electron chi connectivity index (χ0n) is 17.4. The van der Waals surface area contributed by atoms with Crippen molar-refractivity contribution in [3.05, 3.63) is 71.2 Å². The molecule has 1 heterocycles. The van der Waals surface area contributed by atoms with Crippen LogP contribution in [0.1, 0.15) is 37.7 Å². The second-order valence-corrected chi connectivity index (χ2v) is 7.93. The van der Waals surface area contributed by atoms with Crippen LogP contribution in [0.5, 0.6) is 0 Å². The molecule has 3 rings (SSSR count). The van der Waals surface area contributed by atoms with Crippen molar-refractivity contribution >= 4 is 11.9 Å². The Labute approximate surface area is 176 Å². The number of benzene rings is 1. The Morgan fingerprint density at radius 3 is 2.60 bits per heavy atom. The van der Waals surface area contributed by atoms with Crippen molar-refractivity contribution in [2.75, 3.05) is 6.61 Å². The summed E-state index contributed by atoms with van der Waals surface area (Å²) in [5, 5.41) is 9.21. The first-order valence-corrected chi connectivity index (χ1v) is 9.92. The summed E-state index contributed by atoms with van der Waals surface area (Å²) >= 11 is 0. The van der Waals surface area contributed by atoms with Gasteiger partial charge in [0.05, 0.1) is 18.8 Å². The Morgan fingerprint density at radius 2 is 1.93 bits per heavy atom. The van der Waals surface area contributed by atoms with Gasteiger partial charge in [0.25, 0.3) is 0 Å². The molecule has 1 aromatic heterocycles. The van der Waals surface area contributed by atoms with Gasteiger partial charge in [-0.05, 0) is 29.9 Å². The van der Waals surface area contributed by atoms with E-state index in [0.29, 0.717) is 6.42 Å². The molecule has 0 radical (unpaired) electrons.